The van der Waals surface area contributed by atoms with E-state index in [1.165, 1.54) is 122 Å². The van der Waals surface area contributed by atoms with Crippen molar-refractivity contribution in [3.63, 3.8) is 0 Å². The molecule has 0 aromatic heterocycles. The lowest BCUT2D eigenvalue weighted by molar-refractivity contribution is -0.161. The molecular weight excluding hydrogens is 816 g/mol. The number of carbonyl (C=O) groups excluding carboxylic acids is 2. The summed E-state index contributed by atoms with van der Waals surface area (Å²) in [6.45, 7) is 2.30. The van der Waals surface area contributed by atoms with Crippen LogP contribution in [0.15, 0.2) is 48.6 Å². The minimum absolute atomic E-state index is 0.175. The van der Waals surface area contributed by atoms with E-state index in [1.54, 1.807) is 0 Å². The first-order valence-corrected chi connectivity index (χ1v) is 27.1. The number of hydrogen-bond donors (Lipinski definition) is 3. The zero-order chi connectivity index (χ0) is 46.2. The van der Waals surface area contributed by atoms with Gasteiger partial charge in [-0.1, -0.05) is 217 Å². The van der Waals surface area contributed by atoms with Crippen molar-refractivity contribution >= 4 is 19.8 Å². The Labute approximate surface area is 385 Å². The molecule has 0 saturated carbocycles. The Bertz CT molecular complexity index is 1190. The lowest BCUT2D eigenvalue weighted by Gasteiger charge is -2.20. The Morgan fingerprint density at radius 2 is 0.873 bits per heavy atom. The van der Waals surface area contributed by atoms with Gasteiger partial charge in [0.25, 0.3) is 0 Å². The lowest BCUT2D eigenvalue weighted by atomic mass is 10.0. The maximum Gasteiger partial charge on any atom is 0.472 e. The molecule has 0 saturated heterocycles. The van der Waals surface area contributed by atoms with Crippen LogP contribution in [0.1, 0.15) is 232 Å². The molecule has 0 amide bonds. The number of aliphatic hydroxyl groups is 2. The number of esters is 2. The average Bonchev–Trinajstić information content (AvgIpc) is 3.27. The Hall–Kier alpha value is -2.07. The molecule has 0 aromatic carbocycles. The fourth-order valence-corrected chi connectivity index (χ4v) is 7.89. The first-order valence-electron chi connectivity index (χ1n) is 25.6. The predicted octanol–water partition coefficient (Wildman–Crippen LogP) is 14.5. The monoisotopic (exact) mass is 911 g/mol. The molecule has 3 unspecified atom stereocenters. The fraction of sp³-hybridized carbons (Fsp3) is 0.808. The van der Waals surface area contributed by atoms with Gasteiger partial charge in [0.05, 0.1) is 19.8 Å². The molecule has 0 aromatic rings. The van der Waals surface area contributed by atoms with Crippen molar-refractivity contribution in [3.8, 4) is 0 Å². The van der Waals surface area contributed by atoms with Gasteiger partial charge in [-0.25, -0.2) is 4.57 Å². The van der Waals surface area contributed by atoms with Crippen LogP contribution in [0.25, 0.3) is 0 Å². The smallest absolute Gasteiger partial charge is 0.462 e. The number of unbranched alkanes of at least 4 members (excludes halogenated alkanes) is 26. The molecule has 10 nitrogen and oxygen atoms in total. The van der Waals surface area contributed by atoms with Crippen LogP contribution in [-0.4, -0.2) is 65.7 Å². The van der Waals surface area contributed by atoms with Gasteiger partial charge in [-0.15, -0.1) is 0 Å². The van der Waals surface area contributed by atoms with E-state index in [0.29, 0.717) is 12.8 Å². The number of phosphoric acid groups is 1. The van der Waals surface area contributed by atoms with Gasteiger partial charge < -0.3 is 24.6 Å². The van der Waals surface area contributed by atoms with Crippen LogP contribution in [0, 0.1) is 0 Å². The Balaban J connectivity index is 4.18. The number of ether oxygens (including phenoxy) is 2. The van der Waals surface area contributed by atoms with Gasteiger partial charge in [0.15, 0.2) is 6.10 Å². The van der Waals surface area contributed by atoms with Crippen molar-refractivity contribution in [2.45, 2.75) is 244 Å². The van der Waals surface area contributed by atoms with Crippen LogP contribution >= 0.6 is 7.82 Å². The van der Waals surface area contributed by atoms with E-state index >= 15 is 0 Å². The minimum atomic E-state index is -4.63. The quantitative estimate of drug-likeness (QED) is 0.0233. The average molecular weight is 911 g/mol. The van der Waals surface area contributed by atoms with E-state index in [2.05, 4.69) is 62.5 Å². The molecule has 368 valence electrons. The third kappa shape index (κ3) is 47.7. The van der Waals surface area contributed by atoms with Crippen molar-refractivity contribution in [1.29, 1.82) is 0 Å². The molecule has 3 atom stereocenters. The maximum absolute atomic E-state index is 12.7. The second-order valence-corrected chi connectivity index (χ2v) is 18.6. The number of aliphatic hydroxyl groups excluding tert-OH is 2. The first kappa shape index (κ1) is 60.9. The summed E-state index contributed by atoms with van der Waals surface area (Å²) in [7, 11) is -4.63. The van der Waals surface area contributed by atoms with Crippen molar-refractivity contribution in [1.82, 2.24) is 0 Å². The van der Waals surface area contributed by atoms with Gasteiger partial charge in [-0.3, -0.25) is 18.6 Å². The van der Waals surface area contributed by atoms with Crippen LogP contribution in [0.3, 0.4) is 0 Å². The van der Waals surface area contributed by atoms with Crippen molar-refractivity contribution in [2.75, 3.05) is 26.4 Å². The number of rotatable bonds is 48. The molecule has 0 rings (SSSR count). The van der Waals surface area contributed by atoms with Gasteiger partial charge in [0.1, 0.15) is 12.7 Å². The topological polar surface area (TPSA) is 149 Å². The second-order valence-electron chi connectivity index (χ2n) is 17.2. The van der Waals surface area contributed by atoms with E-state index in [4.69, 9.17) is 23.6 Å². The Morgan fingerprint density at radius 3 is 1.32 bits per heavy atom. The first-order chi connectivity index (χ1) is 30.7. The molecule has 3 N–H and O–H groups in total. The van der Waals surface area contributed by atoms with E-state index < -0.39 is 51.8 Å². The number of carbonyl (C=O) groups is 2. The van der Waals surface area contributed by atoms with Crippen molar-refractivity contribution in [2.24, 2.45) is 0 Å². The molecule has 0 aliphatic rings. The summed E-state index contributed by atoms with van der Waals surface area (Å²) >= 11 is 0. The van der Waals surface area contributed by atoms with Gasteiger partial charge in [-0.2, -0.15) is 0 Å². The molecule has 0 bridgehead atoms. The maximum atomic E-state index is 12.7. The zero-order valence-corrected chi connectivity index (χ0v) is 41.2. The fourth-order valence-electron chi connectivity index (χ4n) is 7.10. The summed E-state index contributed by atoms with van der Waals surface area (Å²) in [5.74, 6) is -0.925. The molecule has 11 heteroatoms. The molecule has 63 heavy (non-hydrogen) atoms. The SMILES string of the molecule is CC/C=C\C/C=C\C/C=C\C/C=C\CCCCCCCCCCC(=O)OC(COC(=O)CCCCCCCCCCCCCCCCCCCCC)COP(=O)(O)OCC(O)CO. The molecular formula is C52H95O10P. The third-order valence-electron chi connectivity index (χ3n) is 11.0. The zero-order valence-electron chi connectivity index (χ0n) is 40.3. The van der Waals surface area contributed by atoms with Crippen LogP contribution in [0.2, 0.25) is 0 Å². The summed E-state index contributed by atoms with van der Waals surface area (Å²) in [6.07, 6.45) is 53.6. The highest BCUT2D eigenvalue weighted by molar-refractivity contribution is 7.47. The number of hydrogen-bond acceptors (Lipinski definition) is 9. The summed E-state index contributed by atoms with van der Waals surface area (Å²) in [4.78, 5) is 35.2. The van der Waals surface area contributed by atoms with Gasteiger partial charge in [0, 0.05) is 12.8 Å². The highest BCUT2D eigenvalue weighted by Crippen LogP contribution is 2.43. The van der Waals surface area contributed by atoms with Crippen molar-refractivity contribution < 1.29 is 47.8 Å². The Morgan fingerprint density at radius 1 is 0.492 bits per heavy atom. The minimum Gasteiger partial charge on any atom is -0.462 e. The van der Waals surface area contributed by atoms with E-state index in [0.717, 1.165) is 70.6 Å². The summed E-state index contributed by atoms with van der Waals surface area (Å²) < 4.78 is 32.9. The number of phosphoric ester groups is 1. The molecule has 0 aliphatic heterocycles. The van der Waals surface area contributed by atoms with Crippen molar-refractivity contribution in [3.05, 3.63) is 48.6 Å². The molecule has 0 radical (unpaired) electrons. The largest absolute Gasteiger partial charge is 0.472 e. The van der Waals surface area contributed by atoms with Crippen LogP contribution in [0.4, 0.5) is 0 Å². The third-order valence-corrected chi connectivity index (χ3v) is 11.9. The van der Waals surface area contributed by atoms with Gasteiger partial charge in [-0.05, 0) is 51.4 Å². The van der Waals surface area contributed by atoms with Gasteiger partial charge >= 0.3 is 19.8 Å². The molecule has 0 spiro atoms. The summed E-state index contributed by atoms with van der Waals surface area (Å²) in [5.41, 5.74) is 0. The van der Waals surface area contributed by atoms with Gasteiger partial charge in [0.2, 0.25) is 0 Å². The Kier molecular flexibility index (Phi) is 46.3. The summed E-state index contributed by atoms with van der Waals surface area (Å²) in [6, 6.07) is 0. The van der Waals surface area contributed by atoms with Crippen LogP contribution in [-0.2, 0) is 32.7 Å². The van der Waals surface area contributed by atoms with Crippen LogP contribution < -0.4 is 0 Å². The lowest BCUT2D eigenvalue weighted by Crippen LogP contribution is -2.29. The molecule has 0 fully saturated rings. The highest BCUT2D eigenvalue weighted by atomic mass is 31.2. The van der Waals surface area contributed by atoms with E-state index in [1.807, 2.05) is 0 Å². The van der Waals surface area contributed by atoms with E-state index in [9.17, 15) is 24.2 Å². The molecule has 0 heterocycles. The van der Waals surface area contributed by atoms with E-state index in [-0.39, 0.29) is 19.4 Å². The normalized spacial score (nSPS) is 14.0. The standard InChI is InChI=1S/C52H95O10P/c1-3-5-7-9-11-13-15-17-19-21-23-24-26-28-30-32-34-36-38-40-42-44-52(56)62-50(48-61-63(57,58)60-46-49(54)45-53)47-59-51(55)43-41-39-37-35-33-31-29-27-25-22-20-18-16-14-12-10-8-6-4-2/h5,7,11,13,17,19,23-24,49-50,53-54H,3-4,6,8-10,12,14-16,18,20-22,25-48H2,1-2H3,(H,57,58)/b7-5-,13-11-,19-17-,24-23-. The summed E-state index contributed by atoms with van der Waals surface area (Å²) in [5, 5.41) is 18.4. The van der Waals surface area contributed by atoms with Crippen LogP contribution in [0.5, 0.6) is 0 Å². The number of allylic oxidation sites excluding steroid dienone is 8. The second kappa shape index (κ2) is 47.9. The molecule has 0 aliphatic carbocycles. The highest BCUT2D eigenvalue weighted by Gasteiger charge is 2.27. The predicted molar refractivity (Wildman–Crippen MR) is 261 cm³/mol.